The Hall–Kier alpha value is -3.39. The number of hydrogen-bond donors (Lipinski definition) is 3. The van der Waals surface area contributed by atoms with Gasteiger partial charge in [-0.3, -0.25) is 4.79 Å². The second-order valence-electron chi connectivity index (χ2n) is 7.00. The van der Waals surface area contributed by atoms with Crippen molar-refractivity contribution in [2.75, 3.05) is 20.3 Å². The highest BCUT2D eigenvalue weighted by atomic mass is 16.6. The number of methoxy groups -OCH3 is 1. The fourth-order valence-electron chi connectivity index (χ4n) is 3.23. The van der Waals surface area contributed by atoms with Crippen molar-refractivity contribution >= 4 is 11.9 Å². The number of esters is 1. The Bertz CT molecular complexity index is 1020. The Kier molecular flexibility index (Phi) is 6.68. The van der Waals surface area contributed by atoms with E-state index in [0.717, 1.165) is 11.3 Å². The van der Waals surface area contributed by atoms with Crippen LogP contribution < -0.4 is 5.32 Å². The van der Waals surface area contributed by atoms with Gasteiger partial charge in [-0.1, -0.05) is 30.3 Å². The molecule has 1 unspecified atom stereocenters. The maximum Gasteiger partial charge on any atom is 0.340 e. The van der Waals surface area contributed by atoms with Crippen LogP contribution in [0, 0.1) is 13.8 Å². The van der Waals surface area contributed by atoms with E-state index in [2.05, 4.69) is 20.3 Å². The van der Waals surface area contributed by atoms with Gasteiger partial charge < -0.3 is 24.8 Å². The monoisotopic (exact) mass is 410 g/mol. The third-order valence-electron chi connectivity index (χ3n) is 4.83. The number of nitrogens with zero attached hydrogens (tertiary/aromatic N) is 1. The highest BCUT2D eigenvalue weighted by Gasteiger charge is 2.24. The van der Waals surface area contributed by atoms with Crippen molar-refractivity contribution in [2.45, 2.75) is 26.8 Å². The van der Waals surface area contributed by atoms with E-state index in [1.807, 2.05) is 37.3 Å². The van der Waals surface area contributed by atoms with E-state index in [1.54, 1.807) is 20.0 Å². The first-order valence-electron chi connectivity index (χ1n) is 9.68. The van der Waals surface area contributed by atoms with Crippen molar-refractivity contribution < 1.29 is 19.1 Å². The molecule has 0 bridgehead atoms. The van der Waals surface area contributed by atoms with Crippen LogP contribution in [0.1, 0.15) is 50.9 Å². The van der Waals surface area contributed by atoms with Crippen molar-refractivity contribution in [1.82, 2.24) is 20.3 Å². The molecule has 8 nitrogen and oxygen atoms in total. The van der Waals surface area contributed by atoms with Crippen molar-refractivity contribution in [1.29, 1.82) is 0 Å². The van der Waals surface area contributed by atoms with Gasteiger partial charge in [0.05, 0.1) is 30.1 Å². The van der Waals surface area contributed by atoms with Crippen molar-refractivity contribution in [3.05, 3.63) is 64.9 Å². The molecule has 0 spiro atoms. The number of amides is 1. The molecule has 3 N–H and O–H groups in total. The molecule has 1 amide bonds. The molecule has 158 valence electrons. The van der Waals surface area contributed by atoms with Gasteiger partial charge >= 0.3 is 5.97 Å². The lowest BCUT2D eigenvalue weighted by Crippen LogP contribution is -2.28. The Morgan fingerprint density at radius 1 is 1.13 bits per heavy atom. The minimum Gasteiger partial charge on any atom is -0.460 e. The molecule has 0 fully saturated rings. The number of benzene rings is 1. The molecule has 0 aliphatic rings. The second kappa shape index (κ2) is 9.41. The minimum absolute atomic E-state index is 0.153. The summed E-state index contributed by atoms with van der Waals surface area (Å²) in [7, 11) is 1.53. The number of ether oxygens (including phenoxy) is 2. The molecule has 2 aromatic heterocycles. The van der Waals surface area contributed by atoms with Gasteiger partial charge in [-0.05, 0) is 31.9 Å². The molecule has 1 aromatic carbocycles. The maximum absolute atomic E-state index is 12.8. The van der Waals surface area contributed by atoms with Crippen LogP contribution in [0.2, 0.25) is 0 Å². The first kappa shape index (κ1) is 21.3. The predicted octanol–water partition coefficient (Wildman–Crippen LogP) is 3.32. The summed E-state index contributed by atoms with van der Waals surface area (Å²) in [6, 6.07) is 9.48. The zero-order valence-electron chi connectivity index (χ0n) is 17.5. The topological polar surface area (TPSA) is 109 Å². The van der Waals surface area contributed by atoms with E-state index < -0.39 is 5.97 Å². The molecule has 2 heterocycles. The number of carbonyl (C=O) groups is 2. The van der Waals surface area contributed by atoms with Gasteiger partial charge in [0.25, 0.3) is 5.91 Å². The number of aromatic amines is 2. The van der Waals surface area contributed by atoms with Gasteiger partial charge in [0, 0.05) is 12.8 Å². The normalized spacial score (nSPS) is 11.9. The molecular weight excluding hydrogens is 384 g/mol. The number of aryl methyl sites for hydroxylation is 1. The van der Waals surface area contributed by atoms with Crippen LogP contribution in [0.5, 0.6) is 0 Å². The smallest absolute Gasteiger partial charge is 0.340 e. The Morgan fingerprint density at radius 3 is 2.57 bits per heavy atom. The van der Waals surface area contributed by atoms with Crippen LogP contribution in [0.15, 0.2) is 36.5 Å². The zero-order valence-corrected chi connectivity index (χ0v) is 17.5. The lowest BCUT2D eigenvalue weighted by atomic mass is 10.1. The van der Waals surface area contributed by atoms with Crippen LogP contribution in [-0.4, -0.2) is 47.2 Å². The van der Waals surface area contributed by atoms with Crippen LogP contribution >= 0.6 is 0 Å². The van der Waals surface area contributed by atoms with E-state index in [9.17, 15) is 9.59 Å². The summed E-state index contributed by atoms with van der Waals surface area (Å²) < 4.78 is 10.1. The van der Waals surface area contributed by atoms with E-state index in [0.29, 0.717) is 34.9 Å². The lowest BCUT2D eigenvalue weighted by molar-refractivity contribution is 0.0387. The SMILES string of the molecule is COCCOC(=O)c1c(C)[nH]c(C(=O)NC(C)c2ncc(-c3ccccc3)[nH]2)c1C. The lowest BCUT2D eigenvalue weighted by Gasteiger charge is -2.11. The van der Waals surface area contributed by atoms with Crippen molar-refractivity contribution in [2.24, 2.45) is 0 Å². The molecule has 1 atom stereocenters. The number of hydrogen-bond acceptors (Lipinski definition) is 5. The fourth-order valence-corrected chi connectivity index (χ4v) is 3.23. The zero-order chi connectivity index (χ0) is 21.7. The summed E-state index contributed by atoms with van der Waals surface area (Å²) in [6.07, 6.45) is 1.74. The Morgan fingerprint density at radius 2 is 1.87 bits per heavy atom. The molecule has 0 aliphatic heterocycles. The predicted molar refractivity (Wildman–Crippen MR) is 112 cm³/mol. The average molecular weight is 410 g/mol. The second-order valence-corrected chi connectivity index (χ2v) is 7.00. The Balaban J connectivity index is 1.71. The summed E-state index contributed by atoms with van der Waals surface area (Å²) >= 11 is 0. The number of H-pyrrole nitrogens is 2. The van der Waals surface area contributed by atoms with Gasteiger partial charge in [0.2, 0.25) is 0 Å². The molecular formula is C22H26N4O4. The van der Waals surface area contributed by atoms with Gasteiger partial charge in [-0.15, -0.1) is 0 Å². The summed E-state index contributed by atoms with van der Waals surface area (Å²) in [5.74, 6) is -0.164. The van der Waals surface area contributed by atoms with Crippen LogP contribution in [0.3, 0.4) is 0 Å². The van der Waals surface area contributed by atoms with Crippen LogP contribution in [0.4, 0.5) is 0 Å². The van der Waals surface area contributed by atoms with E-state index in [-0.39, 0.29) is 18.6 Å². The number of nitrogens with one attached hydrogen (secondary N) is 3. The quantitative estimate of drug-likeness (QED) is 0.390. The van der Waals surface area contributed by atoms with Gasteiger partial charge in [0.15, 0.2) is 0 Å². The Labute approximate surface area is 175 Å². The fraction of sp³-hybridized carbons (Fsp3) is 0.318. The average Bonchev–Trinajstić information content (AvgIpc) is 3.34. The van der Waals surface area contributed by atoms with Gasteiger partial charge in [-0.2, -0.15) is 0 Å². The van der Waals surface area contributed by atoms with Crippen LogP contribution in [-0.2, 0) is 9.47 Å². The summed E-state index contributed by atoms with van der Waals surface area (Å²) in [4.78, 5) is 35.8. The highest BCUT2D eigenvalue weighted by Crippen LogP contribution is 2.21. The number of carbonyl (C=O) groups excluding carboxylic acids is 2. The third-order valence-corrected chi connectivity index (χ3v) is 4.83. The number of aromatic nitrogens is 3. The first-order chi connectivity index (χ1) is 14.4. The maximum atomic E-state index is 12.8. The third kappa shape index (κ3) is 4.60. The minimum atomic E-state index is -0.482. The highest BCUT2D eigenvalue weighted by molar-refractivity contribution is 6.00. The molecule has 30 heavy (non-hydrogen) atoms. The summed E-state index contributed by atoms with van der Waals surface area (Å²) in [5.41, 5.74) is 3.71. The molecule has 3 rings (SSSR count). The molecule has 0 saturated heterocycles. The van der Waals surface area contributed by atoms with E-state index >= 15 is 0 Å². The number of rotatable bonds is 8. The first-order valence-corrected chi connectivity index (χ1v) is 9.68. The van der Waals surface area contributed by atoms with Crippen LogP contribution in [0.25, 0.3) is 11.3 Å². The van der Waals surface area contributed by atoms with Gasteiger partial charge in [-0.25, -0.2) is 9.78 Å². The number of imidazole rings is 1. The molecule has 0 saturated carbocycles. The summed E-state index contributed by atoms with van der Waals surface area (Å²) in [6.45, 7) is 5.76. The largest absolute Gasteiger partial charge is 0.460 e. The molecule has 0 radical (unpaired) electrons. The molecule has 3 aromatic rings. The van der Waals surface area contributed by atoms with Gasteiger partial charge in [0.1, 0.15) is 18.1 Å². The van der Waals surface area contributed by atoms with E-state index in [4.69, 9.17) is 9.47 Å². The van der Waals surface area contributed by atoms with Crippen molar-refractivity contribution in [3.63, 3.8) is 0 Å². The molecule has 8 heteroatoms. The molecule has 0 aliphatic carbocycles. The van der Waals surface area contributed by atoms with Crippen molar-refractivity contribution in [3.8, 4) is 11.3 Å². The summed E-state index contributed by atoms with van der Waals surface area (Å²) in [5, 5.41) is 2.91. The van der Waals surface area contributed by atoms with E-state index in [1.165, 1.54) is 7.11 Å². The standard InChI is InChI=1S/C22H26N4O4/c1-13-18(22(28)30-11-10-29-4)14(2)24-19(13)21(27)25-15(3)20-23-12-17(26-20)16-8-6-5-7-9-16/h5-9,12,15,24H,10-11H2,1-4H3,(H,23,26)(H,25,27).